The normalized spacial score (nSPS) is 10.2. The average Bonchev–Trinajstić information content (AvgIpc) is 2.07. The maximum atomic E-state index is 9.94. The Hall–Kier alpha value is -1.37. The molecule has 0 fully saturated rings. The minimum Gasteiger partial charge on any atom is -0.303 e. The first-order chi connectivity index (χ1) is 5.43. The zero-order chi connectivity index (χ0) is 7.94. The molecule has 1 nitrogen and oxygen atoms in total. The highest BCUT2D eigenvalue weighted by Gasteiger charge is 1.80. The summed E-state index contributed by atoms with van der Waals surface area (Å²) < 4.78 is 0. The zero-order valence-corrected chi connectivity index (χ0v) is 6.23. The van der Waals surface area contributed by atoms with Crippen LogP contribution in [0.1, 0.15) is 12.0 Å². The molecule has 0 saturated heterocycles. The van der Waals surface area contributed by atoms with Crippen LogP contribution < -0.4 is 0 Å². The molecule has 0 amide bonds. The number of benzene rings is 1. The Kier molecular flexibility index (Phi) is 3.13. The topological polar surface area (TPSA) is 17.1 Å². The first kappa shape index (κ1) is 7.73. The van der Waals surface area contributed by atoms with Crippen molar-refractivity contribution in [1.29, 1.82) is 0 Å². The zero-order valence-electron chi connectivity index (χ0n) is 6.23. The van der Waals surface area contributed by atoms with Gasteiger partial charge in [0.15, 0.2) is 0 Å². The Morgan fingerprint density at radius 3 is 2.55 bits per heavy atom. The van der Waals surface area contributed by atoms with Gasteiger partial charge in [-0.1, -0.05) is 42.5 Å². The summed E-state index contributed by atoms with van der Waals surface area (Å²) in [5, 5.41) is 0. The molecule has 56 valence electrons. The van der Waals surface area contributed by atoms with Crippen molar-refractivity contribution in [3.63, 3.8) is 0 Å². The number of rotatable bonds is 3. The Labute approximate surface area is 66.4 Å². The van der Waals surface area contributed by atoms with Crippen molar-refractivity contribution in [3.05, 3.63) is 42.0 Å². The first-order valence-corrected chi connectivity index (χ1v) is 3.58. The van der Waals surface area contributed by atoms with Crippen LogP contribution in [0.25, 0.3) is 6.08 Å². The predicted octanol–water partition coefficient (Wildman–Crippen LogP) is 2.29. The van der Waals surface area contributed by atoms with E-state index in [-0.39, 0.29) is 0 Å². The minimum absolute atomic E-state index is 0.495. The lowest BCUT2D eigenvalue weighted by Gasteiger charge is -1.88. The third kappa shape index (κ3) is 2.80. The molecular formula is C10H10O. The lowest BCUT2D eigenvalue weighted by Crippen LogP contribution is -1.69. The molecule has 0 N–H and O–H groups in total. The fourth-order valence-corrected chi connectivity index (χ4v) is 0.824. The van der Waals surface area contributed by atoms with Gasteiger partial charge in [0.1, 0.15) is 6.29 Å². The molecule has 0 aromatic heterocycles. The largest absolute Gasteiger partial charge is 0.303 e. The third-order valence-corrected chi connectivity index (χ3v) is 1.34. The van der Waals surface area contributed by atoms with Gasteiger partial charge in [-0.2, -0.15) is 0 Å². The van der Waals surface area contributed by atoms with Crippen molar-refractivity contribution >= 4 is 12.4 Å². The predicted molar refractivity (Wildman–Crippen MR) is 46.2 cm³/mol. The van der Waals surface area contributed by atoms with Crippen LogP contribution in [0, 0.1) is 0 Å². The molecule has 1 rings (SSSR count). The average molecular weight is 146 g/mol. The van der Waals surface area contributed by atoms with E-state index in [1.807, 2.05) is 42.5 Å². The van der Waals surface area contributed by atoms with Crippen LogP contribution in [0.3, 0.4) is 0 Å². The quantitative estimate of drug-likeness (QED) is 0.598. The van der Waals surface area contributed by atoms with E-state index in [9.17, 15) is 4.79 Å². The van der Waals surface area contributed by atoms with Crippen molar-refractivity contribution in [2.75, 3.05) is 0 Å². The SMILES string of the molecule is O=CCC=Cc1ccccc1. The summed E-state index contributed by atoms with van der Waals surface area (Å²) in [6.07, 6.45) is 5.17. The van der Waals surface area contributed by atoms with Gasteiger partial charge in [-0.15, -0.1) is 0 Å². The lowest BCUT2D eigenvalue weighted by atomic mass is 10.2. The van der Waals surface area contributed by atoms with E-state index >= 15 is 0 Å². The van der Waals surface area contributed by atoms with Crippen LogP contribution in [0.5, 0.6) is 0 Å². The summed E-state index contributed by atoms with van der Waals surface area (Å²) in [6, 6.07) is 9.92. The highest BCUT2D eigenvalue weighted by molar-refractivity contribution is 5.57. The van der Waals surface area contributed by atoms with Crippen LogP contribution in [0.15, 0.2) is 36.4 Å². The van der Waals surface area contributed by atoms with Crippen LogP contribution in [-0.4, -0.2) is 6.29 Å². The fraction of sp³-hybridized carbons (Fsp3) is 0.100. The molecule has 0 heterocycles. The van der Waals surface area contributed by atoms with Gasteiger partial charge in [0, 0.05) is 6.42 Å². The summed E-state index contributed by atoms with van der Waals surface area (Å²) in [5.74, 6) is 0. The number of carbonyl (C=O) groups excluding carboxylic acids is 1. The molecule has 0 aliphatic heterocycles. The summed E-state index contributed by atoms with van der Waals surface area (Å²) >= 11 is 0. The second-order valence-electron chi connectivity index (χ2n) is 2.22. The van der Waals surface area contributed by atoms with Crippen LogP contribution >= 0.6 is 0 Å². The van der Waals surface area contributed by atoms with Crippen molar-refractivity contribution in [2.45, 2.75) is 6.42 Å². The third-order valence-electron chi connectivity index (χ3n) is 1.34. The Bertz CT molecular complexity index is 236. The summed E-state index contributed by atoms with van der Waals surface area (Å²) in [6.45, 7) is 0. The van der Waals surface area contributed by atoms with Gasteiger partial charge in [-0.25, -0.2) is 0 Å². The van der Waals surface area contributed by atoms with Gasteiger partial charge in [0.25, 0.3) is 0 Å². The summed E-state index contributed by atoms with van der Waals surface area (Å²) in [7, 11) is 0. The number of hydrogen-bond donors (Lipinski definition) is 0. The van der Waals surface area contributed by atoms with Gasteiger partial charge in [0.2, 0.25) is 0 Å². The Balaban J connectivity index is 2.57. The molecule has 0 spiro atoms. The van der Waals surface area contributed by atoms with Gasteiger partial charge in [0.05, 0.1) is 0 Å². The van der Waals surface area contributed by atoms with Crippen LogP contribution in [0.4, 0.5) is 0 Å². The lowest BCUT2D eigenvalue weighted by molar-refractivity contribution is -0.107. The van der Waals surface area contributed by atoms with E-state index < -0.39 is 0 Å². The van der Waals surface area contributed by atoms with E-state index in [0.717, 1.165) is 11.8 Å². The molecule has 0 unspecified atom stereocenters. The molecule has 1 heteroatoms. The molecule has 0 aliphatic carbocycles. The molecule has 0 aliphatic rings. The van der Waals surface area contributed by atoms with E-state index in [4.69, 9.17) is 0 Å². The number of hydrogen-bond acceptors (Lipinski definition) is 1. The second kappa shape index (κ2) is 4.45. The number of aldehydes is 1. The highest BCUT2D eigenvalue weighted by atomic mass is 16.1. The molecule has 0 radical (unpaired) electrons. The van der Waals surface area contributed by atoms with Gasteiger partial charge in [-0.05, 0) is 5.56 Å². The van der Waals surface area contributed by atoms with Crippen molar-refractivity contribution in [3.8, 4) is 0 Å². The van der Waals surface area contributed by atoms with E-state index in [1.165, 1.54) is 0 Å². The first-order valence-electron chi connectivity index (χ1n) is 3.58. The summed E-state index contributed by atoms with van der Waals surface area (Å²) in [5.41, 5.74) is 1.13. The number of carbonyl (C=O) groups is 1. The molecule has 1 aromatic rings. The molecule has 0 saturated carbocycles. The van der Waals surface area contributed by atoms with Crippen molar-refractivity contribution < 1.29 is 4.79 Å². The molecule has 0 atom stereocenters. The summed E-state index contributed by atoms with van der Waals surface area (Å²) in [4.78, 5) is 9.94. The monoisotopic (exact) mass is 146 g/mol. The van der Waals surface area contributed by atoms with Gasteiger partial charge >= 0.3 is 0 Å². The second-order valence-corrected chi connectivity index (χ2v) is 2.22. The standard InChI is InChI=1S/C10H10O/c11-9-5-4-8-10-6-2-1-3-7-10/h1-4,6-9H,5H2. The van der Waals surface area contributed by atoms with E-state index in [2.05, 4.69) is 0 Å². The highest BCUT2D eigenvalue weighted by Crippen LogP contribution is 2.00. The van der Waals surface area contributed by atoms with Crippen LogP contribution in [0.2, 0.25) is 0 Å². The van der Waals surface area contributed by atoms with Crippen molar-refractivity contribution in [1.82, 2.24) is 0 Å². The van der Waals surface area contributed by atoms with Gasteiger partial charge in [-0.3, -0.25) is 0 Å². The Morgan fingerprint density at radius 2 is 1.91 bits per heavy atom. The maximum Gasteiger partial charge on any atom is 0.123 e. The van der Waals surface area contributed by atoms with E-state index in [1.54, 1.807) is 0 Å². The smallest absolute Gasteiger partial charge is 0.123 e. The van der Waals surface area contributed by atoms with Crippen LogP contribution in [-0.2, 0) is 4.79 Å². The number of allylic oxidation sites excluding steroid dienone is 1. The molecule has 11 heavy (non-hydrogen) atoms. The Morgan fingerprint density at radius 1 is 1.18 bits per heavy atom. The molecular weight excluding hydrogens is 136 g/mol. The maximum absolute atomic E-state index is 9.94. The van der Waals surface area contributed by atoms with E-state index in [0.29, 0.717) is 6.42 Å². The van der Waals surface area contributed by atoms with Crippen molar-refractivity contribution in [2.24, 2.45) is 0 Å². The fourth-order valence-electron chi connectivity index (χ4n) is 0.824. The van der Waals surface area contributed by atoms with Gasteiger partial charge < -0.3 is 4.79 Å². The minimum atomic E-state index is 0.495. The molecule has 0 bridgehead atoms. The molecule has 1 aromatic carbocycles.